The number of fused-ring (bicyclic) bond motifs is 5. The van der Waals surface area contributed by atoms with Crippen molar-refractivity contribution in [2.45, 2.75) is 96.4 Å². The molecule has 4 saturated carbocycles. The molecule has 4 rings (SSSR count). The highest BCUT2D eigenvalue weighted by Crippen LogP contribution is 2.71. The van der Waals surface area contributed by atoms with Crippen molar-refractivity contribution in [1.29, 1.82) is 0 Å². The van der Waals surface area contributed by atoms with Gasteiger partial charge in [0.05, 0.1) is 5.60 Å². The van der Waals surface area contributed by atoms with Gasteiger partial charge in [-0.2, -0.15) is 0 Å². The molecule has 0 aliphatic heterocycles. The maximum atomic E-state index is 11.8. The smallest absolute Gasteiger partial charge is 0.168 e. The second kappa shape index (κ2) is 5.45. The molecule has 0 aromatic heterocycles. The minimum atomic E-state index is -0.419. The van der Waals surface area contributed by atoms with Gasteiger partial charge < -0.3 is 14.6 Å². The lowest BCUT2D eigenvalue weighted by Gasteiger charge is -2.67. The van der Waals surface area contributed by atoms with E-state index in [0.717, 1.165) is 25.7 Å². The van der Waals surface area contributed by atoms with Crippen LogP contribution in [0.2, 0.25) is 0 Å². The molecule has 3 heteroatoms. The van der Waals surface area contributed by atoms with Crippen molar-refractivity contribution >= 4 is 0 Å². The van der Waals surface area contributed by atoms with Gasteiger partial charge in [-0.15, -0.1) is 0 Å². The van der Waals surface area contributed by atoms with Gasteiger partial charge in [0.2, 0.25) is 0 Å². The Kier molecular flexibility index (Phi) is 3.98. The van der Waals surface area contributed by atoms with Gasteiger partial charge in [-0.3, -0.25) is 0 Å². The standard InChI is InChI=1S/C22H38O3/c1-18-9-6-10-22(18,23)17-8-12-19(2)15-21(24-4,25-5)14-13-20(19,3)16(17)7-11-18/h16-17,23H,6-15H2,1-5H3/t16?,17?,18?,19-,20?,22+/m0/s1. The van der Waals surface area contributed by atoms with Crippen molar-refractivity contribution in [3.8, 4) is 0 Å². The average Bonchev–Trinajstić information content (AvgIpc) is 2.90. The van der Waals surface area contributed by atoms with E-state index in [-0.39, 0.29) is 16.2 Å². The Morgan fingerprint density at radius 1 is 0.760 bits per heavy atom. The van der Waals surface area contributed by atoms with Gasteiger partial charge in [-0.25, -0.2) is 0 Å². The predicted octanol–water partition coefficient (Wildman–Crippen LogP) is 4.91. The van der Waals surface area contributed by atoms with E-state index in [9.17, 15) is 5.11 Å². The molecule has 0 saturated heterocycles. The zero-order valence-corrected chi connectivity index (χ0v) is 17.0. The summed E-state index contributed by atoms with van der Waals surface area (Å²) in [7, 11) is 3.60. The quantitative estimate of drug-likeness (QED) is 0.719. The van der Waals surface area contributed by atoms with Crippen molar-refractivity contribution in [3.63, 3.8) is 0 Å². The summed E-state index contributed by atoms with van der Waals surface area (Å²) in [6.45, 7) is 7.37. The van der Waals surface area contributed by atoms with Crippen molar-refractivity contribution in [2.24, 2.45) is 28.1 Å². The van der Waals surface area contributed by atoms with Crippen LogP contribution < -0.4 is 0 Å². The van der Waals surface area contributed by atoms with Gasteiger partial charge in [0.1, 0.15) is 0 Å². The first kappa shape index (κ1) is 18.3. The van der Waals surface area contributed by atoms with Crippen LogP contribution in [0.25, 0.3) is 0 Å². The normalized spacial score (nSPS) is 54.5. The lowest BCUT2D eigenvalue weighted by atomic mass is 9.39. The van der Waals surface area contributed by atoms with Crippen molar-refractivity contribution in [2.75, 3.05) is 14.2 Å². The van der Waals surface area contributed by atoms with Gasteiger partial charge in [0.15, 0.2) is 5.79 Å². The molecule has 0 aromatic rings. The van der Waals surface area contributed by atoms with Crippen LogP contribution in [0.5, 0.6) is 0 Å². The Morgan fingerprint density at radius 2 is 1.40 bits per heavy atom. The van der Waals surface area contributed by atoms with E-state index in [1.165, 1.54) is 38.5 Å². The molecule has 144 valence electrons. The number of methoxy groups -OCH3 is 2. The van der Waals surface area contributed by atoms with E-state index in [0.29, 0.717) is 11.8 Å². The molecule has 4 fully saturated rings. The lowest BCUT2D eigenvalue weighted by Crippen LogP contribution is -2.65. The topological polar surface area (TPSA) is 38.7 Å². The van der Waals surface area contributed by atoms with Crippen molar-refractivity contribution in [1.82, 2.24) is 0 Å². The SMILES string of the molecule is COC1(OC)CCC2(C)C3CCC4(C)CCC[C@@]4(O)C3CC[C@@]2(C)C1. The molecule has 6 atom stereocenters. The van der Waals surface area contributed by atoms with E-state index in [2.05, 4.69) is 20.8 Å². The third kappa shape index (κ3) is 2.15. The highest BCUT2D eigenvalue weighted by Gasteiger charge is 2.68. The molecule has 0 spiro atoms. The monoisotopic (exact) mass is 350 g/mol. The van der Waals surface area contributed by atoms with Crippen LogP contribution in [-0.2, 0) is 9.47 Å². The molecule has 3 nitrogen and oxygen atoms in total. The van der Waals surface area contributed by atoms with Gasteiger partial charge in [-0.05, 0) is 79.4 Å². The van der Waals surface area contributed by atoms with E-state index in [4.69, 9.17) is 9.47 Å². The summed E-state index contributed by atoms with van der Waals surface area (Å²) in [6, 6.07) is 0. The van der Waals surface area contributed by atoms with Gasteiger partial charge in [-0.1, -0.05) is 20.8 Å². The Hall–Kier alpha value is -0.120. The zero-order chi connectivity index (χ0) is 18.1. The Morgan fingerprint density at radius 3 is 2.08 bits per heavy atom. The Labute approximate surface area is 153 Å². The first-order chi connectivity index (χ1) is 11.7. The van der Waals surface area contributed by atoms with Gasteiger partial charge >= 0.3 is 0 Å². The average molecular weight is 351 g/mol. The molecule has 0 aromatic carbocycles. The summed E-state index contributed by atoms with van der Waals surface area (Å²) >= 11 is 0. The number of rotatable bonds is 2. The molecular weight excluding hydrogens is 312 g/mol. The Balaban J connectivity index is 1.68. The fourth-order valence-corrected chi connectivity index (χ4v) is 8.00. The molecule has 0 radical (unpaired) electrons. The Bertz CT molecular complexity index is 543. The highest BCUT2D eigenvalue weighted by molar-refractivity contribution is 5.17. The summed E-state index contributed by atoms with van der Waals surface area (Å²) in [5.74, 6) is 0.729. The predicted molar refractivity (Wildman–Crippen MR) is 99.2 cm³/mol. The largest absolute Gasteiger partial charge is 0.389 e. The maximum Gasteiger partial charge on any atom is 0.168 e. The van der Waals surface area contributed by atoms with Crippen LogP contribution >= 0.6 is 0 Å². The maximum absolute atomic E-state index is 11.8. The van der Waals surface area contributed by atoms with Crippen molar-refractivity contribution in [3.05, 3.63) is 0 Å². The fraction of sp³-hybridized carbons (Fsp3) is 1.00. The molecule has 4 unspecified atom stereocenters. The van der Waals surface area contributed by atoms with E-state index >= 15 is 0 Å². The lowest BCUT2D eigenvalue weighted by molar-refractivity contribution is -0.292. The number of aliphatic hydroxyl groups is 1. The molecule has 0 amide bonds. The van der Waals surface area contributed by atoms with Gasteiger partial charge in [0, 0.05) is 27.1 Å². The molecule has 25 heavy (non-hydrogen) atoms. The van der Waals surface area contributed by atoms with E-state index in [1.54, 1.807) is 14.2 Å². The summed E-state index contributed by atoms with van der Waals surface area (Å²) in [5, 5.41) is 11.8. The zero-order valence-electron chi connectivity index (χ0n) is 17.0. The van der Waals surface area contributed by atoms with Gasteiger partial charge in [0.25, 0.3) is 0 Å². The highest BCUT2D eigenvalue weighted by atomic mass is 16.7. The first-order valence-electron chi connectivity index (χ1n) is 10.5. The van der Waals surface area contributed by atoms with Crippen LogP contribution in [0.4, 0.5) is 0 Å². The molecule has 0 heterocycles. The first-order valence-corrected chi connectivity index (χ1v) is 10.5. The second-order valence-corrected chi connectivity index (χ2v) is 10.6. The molecular formula is C22H38O3. The van der Waals surface area contributed by atoms with Crippen molar-refractivity contribution < 1.29 is 14.6 Å². The summed E-state index contributed by atoms with van der Waals surface area (Å²) in [4.78, 5) is 0. The van der Waals surface area contributed by atoms with Crippen LogP contribution in [-0.4, -0.2) is 30.7 Å². The molecule has 1 N–H and O–H groups in total. The van der Waals surface area contributed by atoms with Crippen LogP contribution in [0.3, 0.4) is 0 Å². The third-order valence-corrected chi connectivity index (χ3v) is 10.1. The minimum Gasteiger partial charge on any atom is -0.389 e. The summed E-state index contributed by atoms with van der Waals surface area (Å²) < 4.78 is 11.7. The minimum absolute atomic E-state index is 0.162. The second-order valence-electron chi connectivity index (χ2n) is 10.6. The van der Waals surface area contributed by atoms with Crippen LogP contribution in [0.1, 0.15) is 85.0 Å². The number of hydrogen-bond acceptors (Lipinski definition) is 3. The van der Waals surface area contributed by atoms with Crippen LogP contribution in [0.15, 0.2) is 0 Å². The number of hydrogen-bond donors (Lipinski definition) is 1. The molecule has 4 aliphatic rings. The van der Waals surface area contributed by atoms with E-state index in [1.807, 2.05) is 0 Å². The third-order valence-electron chi connectivity index (χ3n) is 10.1. The summed E-state index contributed by atoms with van der Waals surface area (Å²) in [5.41, 5.74) is 0.268. The number of ether oxygens (including phenoxy) is 2. The molecule has 4 aliphatic carbocycles. The van der Waals surface area contributed by atoms with E-state index < -0.39 is 11.4 Å². The molecule has 0 bridgehead atoms. The summed E-state index contributed by atoms with van der Waals surface area (Å²) in [6.07, 6.45) is 11.4. The fourth-order valence-electron chi connectivity index (χ4n) is 8.00. The van der Waals surface area contributed by atoms with Crippen LogP contribution in [0, 0.1) is 28.1 Å².